The average molecular weight is 327 g/mol. The van der Waals surface area contributed by atoms with Crippen molar-refractivity contribution in [3.63, 3.8) is 0 Å². The number of amides is 1. The van der Waals surface area contributed by atoms with Crippen LogP contribution < -0.4 is 9.64 Å². The Labute approximate surface area is 139 Å². The van der Waals surface area contributed by atoms with E-state index >= 15 is 0 Å². The van der Waals surface area contributed by atoms with Crippen molar-refractivity contribution in [3.05, 3.63) is 59.4 Å². The Morgan fingerprint density at radius 2 is 1.88 bits per heavy atom. The molecule has 1 aliphatic heterocycles. The number of esters is 1. The minimum absolute atomic E-state index is 0.0983. The van der Waals surface area contributed by atoms with E-state index in [1.54, 1.807) is 6.07 Å². The molecule has 0 aliphatic carbocycles. The quantitative estimate of drug-likeness (QED) is 0.641. The molecule has 1 fully saturated rings. The Morgan fingerprint density at radius 3 is 2.58 bits per heavy atom. The monoisotopic (exact) mass is 327 g/mol. The molecule has 2 aromatic carbocycles. The Hall–Kier alpha value is -2.69. The van der Waals surface area contributed by atoms with Crippen molar-refractivity contribution in [2.75, 3.05) is 11.4 Å². The van der Waals surface area contributed by atoms with E-state index < -0.39 is 11.9 Å². The van der Waals surface area contributed by atoms with Gasteiger partial charge in [-0.15, -0.1) is 0 Å². The summed E-state index contributed by atoms with van der Waals surface area (Å²) in [6, 6.07) is 11.2. The third-order valence-corrected chi connectivity index (χ3v) is 4.36. The number of nitrogens with zero attached hydrogens (tertiary/aromatic N) is 1. The van der Waals surface area contributed by atoms with Crippen LogP contribution in [0.4, 0.5) is 10.1 Å². The Bertz CT molecular complexity index is 786. The van der Waals surface area contributed by atoms with Crippen LogP contribution in [0.25, 0.3) is 0 Å². The summed E-state index contributed by atoms with van der Waals surface area (Å²) in [6.45, 7) is 4.08. The zero-order valence-electron chi connectivity index (χ0n) is 13.6. The van der Waals surface area contributed by atoms with Crippen LogP contribution in [0, 0.1) is 25.6 Å². The Balaban J connectivity index is 1.72. The first-order valence-electron chi connectivity index (χ1n) is 7.79. The maximum absolute atomic E-state index is 13.0. The summed E-state index contributed by atoms with van der Waals surface area (Å²) < 4.78 is 18.5. The van der Waals surface area contributed by atoms with Crippen LogP contribution >= 0.6 is 0 Å². The van der Waals surface area contributed by atoms with E-state index in [0.717, 1.165) is 11.1 Å². The molecule has 24 heavy (non-hydrogen) atoms. The molecule has 0 unspecified atom stereocenters. The number of halogens is 1. The number of hydrogen-bond donors (Lipinski definition) is 0. The first kappa shape index (κ1) is 16.2. The van der Waals surface area contributed by atoms with E-state index in [1.165, 1.54) is 29.2 Å². The molecular weight excluding hydrogens is 309 g/mol. The van der Waals surface area contributed by atoms with Crippen molar-refractivity contribution in [1.82, 2.24) is 0 Å². The minimum Gasteiger partial charge on any atom is -0.426 e. The molecule has 1 aliphatic rings. The second kappa shape index (κ2) is 6.43. The fourth-order valence-corrected chi connectivity index (χ4v) is 2.76. The van der Waals surface area contributed by atoms with Gasteiger partial charge in [0.1, 0.15) is 11.6 Å². The van der Waals surface area contributed by atoms with Crippen molar-refractivity contribution >= 4 is 17.6 Å². The minimum atomic E-state index is -0.525. The fourth-order valence-electron chi connectivity index (χ4n) is 2.76. The highest BCUT2D eigenvalue weighted by Crippen LogP contribution is 2.28. The summed E-state index contributed by atoms with van der Waals surface area (Å²) in [7, 11) is 0. The fraction of sp³-hybridized carbons (Fsp3) is 0.263. The number of hydrogen-bond acceptors (Lipinski definition) is 3. The largest absolute Gasteiger partial charge is 0.426 e. The summed E-state index contributed by atoms with van der Waals surface area (Å²) in [5.74, 6) is -0.947. The molecule has 1 heterocycles. The van der Waals surface area contributed by atoms with Crippen molar-refractivity contribution in [2.24, 2.45) is 5.92 Å². The molecule has 0 N–H and O–H groups in total. The van der Waals surface area contributed by atoms with E-state index in [2.05, 4.69) is 0 Å². The van der Waals surface area contributed by atoms with Crippen LogP contribution in [0.2, 0.25) is 0 Å². The molecule has 2 aromatic rings. The maximum atomic E-state index is 13.0. The summed E-state index contributed by atoms with van der Waals surface area (Å²) in [6.07, 6.45) is 0.0983. The SMILES string of the molecule is Cc1cccc(OC(=O)[C@@H]2CC(=O)N(c3ccc(F)cc3)C2)c1C. The second-order valence-electron chi connectivity index (χ2n) is 6.00. The maximum Gasteiger partial charge on any atom is 0.316 e. The van der Waals surface area contributed by atoms with Gasteiger partial charge in [0.05, 0.1) is 5.92 Å². The molecule has 3 rings (SSSR count). The number of carbonyl (C=O) groups is 2. The van der Waals surface area contributed by atoms with Gasteiger partial charge in [-0.2, -0.15) is 0 Å². The topological polar surface area (TPSA) is 46.6 Å². The van der Waals surface area contributed by atoms with Gasteiger partial charge in [0, 0.05) is 18.7 Å². The van der Waals surface area contributed by atoms with Crippen molar-refractivity contribution < 1.29 is 18.7 Å². The summed E-state index contributed by atoms with van der Waals surface area (Å²) >= 11 is 0. The molecule has 0 radical (unpaired) electrons. The third-order valence-electron chi connectivity index (χ3n) is 4.36. The number of anilines is 1. The smallest absolute Gasteiger partial charge is 0.316 e. The summed E-state index contributed by atoms with van der Waals surface area (Å²) in [5.41, 5.74) is 2.53. The van der Waals surface area contributed by atoms with Crippen molar-refractivity contribution in [2.45, 2.75) is 20.3 Å². The Morgan fingerprint density at radius 1 is 1.17 bits per heavy atom. The van der Waals surface area contributed by atoms with Crippen LogP contribution in [0.15, 0.2) is 42.5 Å². The highest BCUT2D eigenvalue weighted by atomic mass is 19.1. The molecule has 5 heteroatoms. The normalized spacial score (nSPS) is 17.2. The van der Waals surface area contributed by atoms with Crippen LogP contribution in [-0.4, -0.2) is 18.4 Å². The molecule has 1 saturated heterocycles. The van der Waals surface area contributed by atoms with Gasteiger partial charge in [-0.25, -0.2) is 4.39 Å². The van der Waals surface area contributed by atoms with Gasteiger partial charge < -0.3 is 9.64 Å². The molecule has 0 saturated carbocycles. The zero-order valence-corrected chi connectivity index (χ0v) is 13.6. The molecule has 4 nitrogen and oxygen atoms in total. The van der Waals surface area contributed by atoms with Crippen LogP contribution in [0.5, 0.6) is 5.75 Å². The highest BCUT2D eigenvalue weighted by Gasteiger charge is 2.36. The number of aryl methyl sites for hydroxylation is 1. The lowest BCUT2D eigenvalue weighted by Crippen LogP contribution is -2.27. The van der Waals surface area contributed by atoms with Crippen LogP contribution in [0.1, 0.15) is 17.5 Å². The lowest BCUT2D eigenvalue weighted by atomic mass is 10.1. The zero-order chi connectivity index (χ0) is 17.3. The van der Waals surface area contributed by atoms with Gasteiger partial charge in [0.15, 0.2) is 0 Å². The number of ether oxygens (including phenoxy) is 1. The molecule has 1 atom stereocenters. The third kappa shape index (κ3) is 3.15. The summed E-state index contributed by atoms with van der Waals surface area (Å²) in [4.78, 5) is 26.1. The molecule has 0 spiro atoms. The first-order valence-corrected chi connectivity index (χ1v) is 7.79. The Kier molecular flexibility index (Phi) is 4.34. The van der Waals surface area contributed by atoms with Gasteiger partial charge in [0.25, 0.3) is 0 Å². The lowest BCUT2D eigenvalue weighted by Gasteiger charge is -2.16. The van der Waals surface area contributed by atoms with Gasteiger partial charge in [0.2, 0.25) is 5.91 Å². The average Bonchev–Trinajstić information content (AvgIpc) is 2.94. The van der Waals surface area contributed by atoms with E-state index in [-0.39, 0.29) is 24.7 Å². The number of benzene rings is 2. The van der Waals surface area contributed by atoms with Crippen LogP contribution in [-0.2, 0) is 9.59 Å². The predicted octanol–water partition coefficient (Wildman–Crippen LogP) is 3.40. The molecule has 0 bridgehead atoms. The molecule has 1 amide bonds. The lowest BCUT2D eigenvalue weighted by molar-refractivity contribution is -0.139. The van der Waals surface area contributed by atoms with Gasteiger partial charge in [-0.1, -0.05) is 12.1 Å². The standard InChI is InChI=1S/C19H18FNO3/c1-12-4-3-5-17(13(12)2)24-19(23)14-10-18(22)21(11-14)16-8-6-15(20)7-9-16/h3-9,14H,10-11H2,1-2H3/t14-/m1/s1. The van der Waals surface area contributed by atoms with E-state index in [1.807, 2.05) is 26.0 Å². The van der Waals surface area contributed by atoms with Crippen LogP contribution in [0.3, 0.4) is 0 Å². The molecular formula is C19H18FNO3. The second-order valence-corrected chi connectivity index (χ2v) is 6.00. The summed E-state index contributed by atoms with van der Waals surface area (Å²) in [5, 5.41) is 0. The van der Waals surface area contributed by atoms with Crippen molar-refractivity contribution in [1.29, 1.82) is 0 Å². The number of rotatable bonds is 3. The van der Waals surface area contributed by atoms with Gasteiger partial charge in [-0.05, 0) is 55.3 Å². The van der Waals surface area contributed by atoms with E-state index in [4.69, 9.17) is 4.74 Å². The van der Waals surface area contributed by atoms with Crippen molar-refractivity contribution in [3.8, 4) is 5.75 Å². The molecule has 0 aromatic heterocycles. The van der Waals surface area contributed by atoms with Gasteiger partial charge in [-0.3, -0.25) is 9.59 Å². The first-order chi connectivity index (χ1) is 11.5. The highest BCUT2D eigenvalue weighted by molar-refractivity contribution is 5.99. The molecule has 124 valence electrons. The predicted molar refractivity (Wildman–Crippen MR) is 88.4 cm³/mol. The van der Waals surface area contributed by atoms with Gasteiger partial charge >= 0.3 is 5.97 Å². The number of carbonyl (C=O) groups excluding carboxylic acids is 2. The van der Waals surface area contributed by atoms with E-state index in [0.29, 0.717) is 11.4 Å². The van der Waals surface area contributed by atoms with E-state index in [9.17, 15) is 14.0 Å².